The first-order valence-corrected chi connectivity index (χ1v) is 4.20. The van der Waals surface area contributed by atoms with Crippen molar-refractivity contribution in [2.45, 2.75) is 13.0 Å². The van der Waals surface area contributed by atoms with E-state index in [1.165, 1.54) is 0 Å². The van der Waals surface area contributed by atoms with Crippen LogP contribution in [0.2, 0.25) is 5.02 Å². The van der Waals surface area contributed by atoms with Gasteiger partial charge in [-0.15, -0.1) is 0 Å². The summed E-state index contributed by atoms with van der Waals surface area (Å²) in [7, 11) is 0. The number of hydrogen-bond acceptors (Lipinski definition) is 3. The van der Waals surface area contributed by atoms with Crippen LogP contribution in [0.25, 0.3) is 0 Å². The molecule has 0 heterocycles. The Bertz CT molecular complexity index is 295. The summed E-state index contributed by atoms with van der Waals surface area (Å²) in [5.41, 5.74) is 5.31. The Morgan fingerprint density at radius 2 is 2.00 bits per heavy atom. The van der Waals surface area contributed by atoms with Crippen molar-refractivity contribution >= 4 is 17.6 Å². The summed E-state index contributed by atoms with van der Waals surface area (Å²) in [5.74, 6) is -0.00553. The Morgan fingerprint density at radius 3 is 2.46 bits per heavy atom. The maximum atomic E-state index is 11.0. The summed E-state index contributed by atoms with van der Waals surface area (Å²) < 4.78 is 4.91. The maximum Gasteiger partial charge on any atom is 0.328 e. The Labute approximate surface area is 81.4 Å². The second-order valence-corrected chi connectivity index (χ2v) is 3.10. The van der Waals surface area contributed by atoms with Gasteiger partial charge in [-0.2, -0.15) is 0 Å². The molecule has 0 bridgehead atoms. The van der Waals surface area contributed by atoms with E-state index in [9.17, 15) is 4.79 Å². The molecule has 0 aliphatic heterocycles. The van der Waals surface area contributed by atoms with Gasteiger partial charge in [0, 0.05) is 5.02 Å². The predicted molar refractivity (Wildman–Crippen MR) is 50.7 cm³/mol. The summed E-state index contributed by atoms with van der Waals surface area (Å²) in [6, 6.07) is 5.90. The van der Waals surface area contributed by atoms with Gasteiger partial charge in [-0.1, -0.05) is 11.6 Å². The van der Waals surface area contributed by atoms with Gasteiger partial charge in [-0.25, -0.2) is 4.79 Å². The van der Waals surface area contributed by atoms with Crippen LogP contribution in [0.4, 0.5) is 0 Å². The number of nitrogens with two attached hydrogens (primary N) is 1. The van der Waals surface area contributed by atoms with Gasteiger partial charge in [-0.3, -0.25) is 0 Å². The van der Waals surface area contributed by atoms with Gasteiger partial charge in [0.1, 0.15) is 11.8 Å². The number of ether oxygens (including phenoxy) is 1. The van der Waals surface area contributed by atoms with Gasteiger partial charge in [-0.05, 0) is 31.2 Å². The zero-order valence-corrected chi connectivity index (χ0v) is 7.91. The van der Waals surface area contributed by atoms with Gasteiger partial charge in [0.2, 0.25) is 0 Å². The van der Waals surface area contributed by atoms with Crippen molar-refractivity contribution in [3.05, 3.63) is 29.3 Å². The minimum absolute atomic E-state index is 0.451. The number of benzene rings is 1. The average molecular weight is 200 g/mol. The number of esters is 1. The molecular weight excluding hydrogens is 190 g/mol. The van der Waals surface area contributed by atoms with Crippen LogP contribution in [-0.4, -0.2) is 12.0 Å². The van der Waals surface area contributed by atoms with Crippen LogP contribution >= 0.6 is 11.6 Å². The second kappa shape index (κ2) is 4.25. The first-order chi connectivity index (χ1) is 6.09. The Morgan fingerprint density at radius 1 is 1.46 bits per heavy atom. The maximum absolute atomic E-state index is 11.0. The van der Waals surface area contributed by atoms with Gasteiger partial charge >= 0.3 is 5.97 Å². The van der Waals surface area contributed by atoms with E-state index in [2.05, 4.69) is 0 Å². The lowest BCUT2D eigenvalue weighted by atomic mass is 10.3. The Hall–Kier alpha value is -1.06. The van der Waals surface area contributed by atoms with E-state index in [4.69, 9.17) is 22.1 Å². The molecule has 3 nitrogen and oxygen atoms in total. The molecule has 0 aliphatic carbocycles. The van der Waals surface area contributed by atoms with E-state index in [1.807, 2.05) is 0 Å². The standard InChI is InChI=1S/C9H10ClNO2/c1-6(11)9(12)13-8-4-2-7(10)3-5-8/h2-6H,11H2,1H3/t6-/m1/s1. The zero-order valence-electron chi connectivity index (χ0n) is 7.16. The molecule has 0 unspecified atom stereocenters. The molecule has 1 rings (SSSR count). The molecule has 70 valence electrons. The molecule has 0 amide bonds. The van der Waals surface area contributed by atoms with Crippen LogP contribution in [0.3, 0.4) is 0 Å². The van der Waals surface area contributed by atoms with Crippen molar-refractivity contribution < 1.29 is 9.53 Å². The van der Waals surface area contributed by atoms with Gasteiger partial charge in [0.15, 0.2) is 0 Å². The normalized spacial score (nSPS) is 12.2. The van der Waals surface area contributed by atoms with Crippen molar-refractivity contribution in [3.8, 4) is 5.75 Å². The van der Waals surface area contributed by atoms with E-state index in [-0.39, 0.29) is 0 Å². The molecular formula is C9H10ClNO2. The van der Waals surface area contributed by atoms with Crippen LogP contribution in [0.5, 0.6) is 5.75 Å². The highest BCUT2D eigenvalue weighted by Gasteiger charge is 2.09. The molecule has 4 heteroatoms. The number of hydrogen-bond donors (Lipinski definition) is 1. The van der Waals surface area contributed by atoms with E-state index in [1.54, 1.807) is 31.2 Å². The average Bonchev–Trinajstić information content (AvgIpc) is 2.08. The topological polar surface area (TPSA) is 52.3 Å². The molecule has 2 N–H and O–H groups in total. The molecule has 0 spiro atoms. The third kappa shape index (κ3) is 3.05. The van der Waals surface area contributed by atoms with Gasteiger partial charge in [0.05, 0.1) is 0 Å². The lowest BCUT2D eigenvalue weighted by Crippen LogP contribution is -2.30. The highest BCUT2D eigenvalue weighted by Crippen LogP contribution is 2.15. The van der Waals surface area contributed by atoms with Gasteiger partial charge < -0.3 is 10.5 Å². The highest BCUT2D eigenvalue weighted by atomic mass is 35.5. The van der Waals surface area contributed by atoms with Crippen LogP contribution < -0.4 is 10.5 Å². The molecule has 0 saturated heterocycles. The largest absolute Gasteiger partial charge is 0.425 e. The van der Waals surface area contributed by atoms with Crippen molar-refractivity contribution in [2.75, 3.05) is 0 Å². The summed E-state index contributed by atoms with van der Waals surface area (Å²) in [6.45, 7) is 1.57. The van der Waals surface area contributed by atoms with Crippen molar-refractivity contribution in [2.24, 2.45) is 5.73 Å². The van der Waals surface area contributed by atoms with E-state index in [0.29, 0.717) is 10.8 Å². The molecule has 0 aliphatic rings. The minimum Gasteiger partial charge on any atom is -0.425 e. The molecule has 0 saturated carbocycles. The van der Waals surface area contributed by atoms with E-state index in [0.717, 1.165) is 0 Å². The Balaban J connectivity index is 2.65. The molecule has 1 aromatic rings. The van der Waals surface area contributed by atoms with Crippen LogP contribution in [0, 0.1) is 0 Å². The number of rotatable bonds is 2. The summed E-state index contributed by atoms with van der Waals surface area (Å²) >= 11 is 5.65. The molecule has 0 fully saturated rings. The van der Waals surface area contributed by atoms with Crippen LogP contribution in [-0.2, 0) is 4.79 Å². The van der Waals surface area contributed by atoms with Crippen molar-refractivity contribution in [1.29, 1.82) is 0 Å². The molecule has 1 atom stereocenters. The fraction of sp³-hybridized carbons (Fsp3) is 0.222. The third-order valence-electron chi connectivity index (χ3n) is 1.40. The highest BCUT2D eigenvalue weighted by molar-refractivity contribution is 6.30. The van der Waals surface area contributed by atoms with E-state index < -0.39 is 12.0 Å². The number of halogens is 1. The van der Waals surface area contributed by atoms with E-state index >= 15 is 0 Å². The van der Waals surface area contributed by atoms with Gasteiger partial charge in [0.25, 0.3) is 0 Å². The summed E-state index contributed by atoms with van der Waals surface area (Å²) in [4.78, 5) is 11.0. The minimum atomic E-state index is -0.615. The first-order valence-electron chi connectivity index (χ1n) is 3.82. The Kier molecular flexibility index (Phi) is 3.28. The molecule has 13 heavy (non-hydrogen) atoms. The summed E-state index contributed by atoms with van der Waals surface area (Å²) in [5, 5.41) is 0.598. The predicted octanol–water partition coefficient (Wildman–Crippen LogP) is 1.59. The van der Waals surface area contributed by atoms with Crippen molar-refractivity contribution in [3.63, 3.8) is 0 Å². The number of carbonyl (C=O) groups is 1. The SMILES string of the molecule is C[C@@H](N)C(=O)Oc1ccc(Cl)cc1. The monoisotopic (exact) mass is 199 g/mol. The zero-order chi connectivity index (χ0) is 9.84. The second-order valence-electron chi connectivity index (χ2n) is 2.66. The fourth-order valence-corrected chi connectivity index (χ4v) is 0.838. The fourth-order valence-electron chi connectivity index (χ4n) is 0.712. The first kappa shape index (κ1) is 10.0. The molecule has 0 aromatic heterocycles. The lowest BCUT2D eigenvalue weighted by Gasteiger charge is -2.05. The van der Waals surface area contributed by atoms with Crippen LogP contribution in [0.1, 0.15) is 6.92 Å². The number of carbonyl (C=O) groups excluding carboxylic acids is 1. The quantitative estimate of drug-likeness (QED) is 0.582. The lowest BCUT2D eigenvalue weighted by molar-refractivity contribution is -0.135. The smallest absolute Gasteiger partial charge is 0.328 e. The summed E-state index contributed by atoms with van der Waals surface area (Å²) in [6.07, 6.45) is 0. The third-order valence-corrected chi connectivity index (χ3v) is 1.66. The molecule has 1 aromatic carbocycles. The van der Waals surface area contributed by atoms with Crippen molar-refractivity contribution in [1.82, 2.24) is 0 Å². The van der Waals surface area contributed by atoms with Crippen LogP contribution in [0.15, 0.2) is 24.3 Å². The molecule has 0 radical (unpaired) electrons.